The van der Waals surface area contributed by atoms with Crippen molar-refractivity contribution in [3.05, 3.63) is 152 Å². The number of aromatic nitrogens is 3. The van der Waals surface area contributed by atoms with Crippen LogP contribution in [0, 0.1) is 0 Å². The zero-order valence-corrected chi connectivity index (χ0v) is 22.8. The van der Waals surface area contributed by atoms with Crippen LogP contribution in [0.3, 0.4) is 0 Å². The van der Waals surface area contributed by atoms with Crippen LogP contribution in [-0.4, -0.2) is 15.0 Å². The van der Waals surface area contributed by atoms with Crippen LogP contribution < -0.4 is 0 Å². The van der Waals surface area contributed by atoms with Crippen LogP contribution in [0.1, 0.15) is 6.85 Å². The summed E-state index contributed by atoms with van der Waals surface area (Å²) in [5.74, 6) is 1.57. The van der Waals surface area contributed by atoms with E-state index < -0.39 is 6.04 Å². The Balaban J connectivity index is 1.29. The van der Waals surface area contributed by atoms with Crippen molar-refractivity contribution in [2.24, 2.45) is 0 Å². The molecule has 0 radical (unpaired) electrons. The summed E-state index contributed by atoms with van der Waals surface area (Å²) >= 11 is 0. The first-order valence-electron chi connectivity index (χ1n) is 16.4. The lowest BCUT2D eigenvalue weighted by Gasteiger charge is -2.10. The third kappa shape index (κ3) is 4.75. The summed E-state index contributed by atoms with van der Waals surface area (Å²) < 4.78 is 47.4. The van der Waals surface area contributed by atoms with E-state index in [-0.39, 0.29) is 29.7 Å². The van der Waals surface area contributed by atoms with Crippen LogP contribution in [0.2, 0.25) is 0 Å². The van der Waals surface area contributed by atoms with E-state index in [4.69, 9.17) is 26.2 Å². The lowest BCUT2D eigenvalue weighted by atomic mass is 10.0. The van der Waals surface area contributed by atoms with Gasteiger partial charge in [0.15, 0.2) is 17.5 Å². The standard InChI is InChI=1S/C39H25N3O/c1-4-11-26(12-5-1)29-17-10-18-31(23-29)38-40-37(28-15-8-3-9-16-28)41-39(42-38)32-20-22-36-34(25-32)33-24-30(19-21-35(33)43-36)27-13-6-2-7-14-27/h1-25H/i2D,6D,7D,13D,14D. The van der Waals surface area contributed by atoms with Crippen LogP contribution in [0.4, 0.5) is 0 Å². The first kappa shape index (κ1) is 20.1. The molecule has 43 heavy (non-hydrogen) atoms. The number of benzene rings is 6. The highest BCUT2D eigenvalue weighted by Crippen LogP contribution is 2.35. The second kappa shape index (κ2) is 10.5. The summed E-state index contributed by atoms with van der Waals surface area (Å²) in [7, 11) is 0. The molecule has 0 aliphatic heterocycles. The van der Waals surface area contributed by atoms with E-state index in [0.29, 0.717) is 34.2 Å². The summed E-state index contributed by atoms with van der Waals surface area (Å²) in [6, 6.07) is 37.4. The van der Waals surface area contributed by atoms with E-state index in [1.165, 1.54) is 0 Å². The van der Waals surface area contributed by atoms with Gasteiger partial charge < -0.3 is 4.42 Å². The Bertz CT molecular complexity index is 2490. The van der Waals surface area contributed by atoms with Gasteiger partial charge in [0.1, 0.15) is 11.2 Å². The number of nitrogens with zero attached hydrogens (tertiary/aromatic N) is 3. The number of hydrogen-bond acceptors (Lipinski definition) is 4. The Hall–Kier alpha value is -5.87. The van der Waals surface area contributed by atoms with Crippen LogP contribution in [0.25, 0.3) is 78.4 Å². The Morgan fingerprint density at radius 1 is 0.395 bits per heavy atom. The molecule has 202 valence electrons. The number of rotatable bonds is 5. The maximum atomic E-state index is 8.48. The van der Waals surface area contributed by atoms with E-state index >= 15 is 0 Å². The zero-order valence-electron chi connectivity index (χ0n) is 27.8. The molecule has 0 fully saturated rings. The Morgan fingerprint density at radius 2 is 0.884 bits per heavy atom. The van der Waals surface area contributed by atoms with Crippen molar-refractivity contribution >= 4 is 21.9 Å². The summed E-state index contributed by atoms with van der Waals surface area (Å²) in [4.78, 5) is 14.8. The molecule has 8 rings (SSSR count). The minimum atomic E-state index is -0.424. The molecule has 0 aliphatic carbocycles. The smallest absolute Gasteiger partial charge is 0.164 e. The molecule has 0 saturated heterocycles. The third-order valence-electron chi connectivity index (χ3n) is 7.41. The second-order valence-corrected chi connectivity index (χ2v) is 10.1. The van der Waals surface area contributed by atoms with Gasteiger partial charge in [0.05, 0.1) is 6.85 Å². The Morgan fingerprint density at radius 3 is 1.56 bits per heavy atom. The van der Waals surface area contributed by atoms with E-state index in [2.05, 4.69) is 24.3 Å². The molecule has 0 unspecified atom stereocenters. The largest absolute Gasteiger partial charge is 0.456 e. The van der Waals surface area contributed by atoms with Crippen molar-refractivity contribution in [1.82, 2.24) is 15.0 Å². The average Bonchev–Trinajstić information content (AvgIpc) is 3.51. The molecule has 4 heteroatoms. The van der Waals surface area contributed by atoms with Gasteiger partial charge in [-0.25, -0.2) is 15.0 Å². The molecular weight excluding hydrogens is 526 g/mol. The summed E-state index contributed by atoms with van der Waals surface area (Å²) in [5.41, 5.74) is 6.50. The molecule has 0 N–H and O–H groups in total. The highest BCUT2D eigenvalue weighted by molar-refractivity contribution is 6.07. The average molecular weight is 557 g/mol. The first-order valence-corrected chi connectivity index (χ1v) is 13.9. The van der Waals surface area contributed by atoms with Gasteiger partial charge in [0.25, 0.3) is 0 Å². The van der Waals surface area contributed by atoms with Gasteiger partial charge in [0.2, 0.25) is 0 Å². The number of fused-ring (bicyclic) bond motifs is 3. The topological polar surface area (TPSA) is 51.8 Å². The van der Waals surface area contributed by atoms with Crippen LogP contribution >= 0.6 is 0 Å². The minimum absolute atomic E-state index is 0.140. The minimum Gasteiger partial charge on any atom is -0.456 e. The summed E-state index contributed by atoms with van der Waals surface area (Å²) in [6.45, 7) is 0. The van der Waals surface area contributed by atoms with Crippen LogP contribution in [0.15, 0.2) is 156 Å². The van der Waals surface area contributed by atoms with Crippen molar-refractivity contribution in [2.75, 3.05) is 0 Å². The van der Waals surface area contributed by atoms with E-state index in [1.807, 2.05) is 84.9 Å². The number of furan rings is 1. The van der Waals surface area contributed by atoms with Crippen molar-refractivity contribution in [1.29, 1.82) is 0 Å². The third-order valence-corrected chi connectivity index (χ3v) is 7.41. The maximum Gasteiger partial charge on any atom is 0.164 e. The normalized spacial score (nSPS) is 12.9. The molecule has 0 saturated carbocycles. The van der Waals surface area contributed by atoms with Gasteiger partial charge >= 0.3 is 0 Å². The lowest BCUT2D eigenvalue weighted by Crippen LogP contribution is -2.00. The summed E-state index contributed by atoms with van der Waals surface area (Å²) in [6.07, 6.45) is 0. The fourth-order valence-corrected chi connectivity index (χ4v) is 5.29. The molecule has 8 aromatic rings. The highest BCUT2D eigenvalue weighted by atomic mass is 16.3. The SMILES string of the molecule is [2H]c1c([2H])c([2H])c(-c2ccc3oc4ccc(-c5nc(-c6ccccc6)nc(-c6cccc(-c7ccccc7)c6)n5)cc4c3c2)c([2H])c1[2H]. The zero-order chi connectivity index (χ0) is 32.9. The molecule has 0 amide bonds. The lowest BCUT2D eigenvalue weighted by molar-refractivity contribution is 0.669. The molecule has 6 aromatic carbocycles. The fourth-order valence-electron chi connectivity index (χ4n) is 5.29. The van der Waals surface area contributed by atoms with Gasteiger partial charge in [-0.2, -0.15) is 0 Å². The molecular formula is C39H25N3O. The van der Waals surface area contributed by atoms with Gasteiger partial charge in [-0.15, -0.1) is 0 Å². The monoisotopic (exact) mass is 556 g/mol. The van der Waals surface area contributed by atoms with Gasteiger partial charge in [-0.05, 0) is 58.7 Å². The van der Waals surface area contributed by atoms with Gasteiger partial charge in [-0.3, -0.25) is 0 Å². The maximum absolute atomic E-state index is 8.48. The van der Waals surface area contributed by atoms with Crippen LogP contribution in [-0.2, 0) is 0 Å². The van der Waals surface area contributed by atoms with Crippen LogP contribution in [0.5, 0.6) is 0 Å². The molecule has 2 heterocycles. The molecule has 4 nitrogen and oxygen atoms in total. The van der Waals surface area contributed by atoms with Gasteiger partial charge in [-0.1, -0.05) is 115 Å². The van der Waals surface area contributed by atoms with E-state index in [1.54, 1.807) is 12.1 Å². The Labute approximate surface area is 256 Å². The molecule has 0 aliphatic rings. The Kier molecular flexibility index (Phi) is 4.91. The van der Waals surface area contributed by atoms with Crippen molar-refractivity contribution < 1.29 is 11.3 Å². The number of hydrogen-bond donors (Lipinski definition) is 0. The predicted molar refractivity (Wildman–Crippen MR) is 174 cm³/mol. The molecule has 0 bridgehead atoms. The summed E-state index contributed by atoms with van der Waals surface area (Å²) in [5, 5.41) is 1.52. The highest BCUT2D eigenvalue weighted by Gasteiger charge is 2.15. The second-order valence-electron chi connectivity index (χ2n) is 10.1. The van der Waals surface area contributed by atoms with Crippen molar-refractivity contribution in [3.63, 3.8) is 0 Å². The fraction of sp³-hybridized carbons (Fsp3) is 0. The first-order chi connectivity index (χ1) is 23.4. The van der Waals surface area contributed by atoms with Gasteiger partial charge in [0, 0.05) is 27.5 Å². The predicted octanol–water partition coefficient (Wildman–Crippen LogP) is 10.1. The van der Waals surface area contributed by atoms with E-state index in [9.17, 15) is 0 Å². The molecule has 0 atom stereocenters. The molecule has 2 aromatic heterocycles. The van der Waals surface area contributed by atoms with Crippen molar-refractivity contribution in [2.45, 2.75) is 0 Å². The van der Waals surface area contributed by atoms with Crippen molar-refractivity contribution in [3.8, 4) is 56.4 Å². The van der Waals surface area contributed by atoms with E-state index in [0.717, 1.165) is 38.6 Å². The molecule has 0 spiro atoms. The quantitative estimate of drug-likeness (QED) is 0.212.